The van der Waals surface area contributed by atoms with Crippen LogP contribution in [0.1, 0.15) is 40.5 Å². The molecular formula is C22H26O7. The highest BCUT2D eigenvalue weighted by molar-refractivity contribution is 5.93. The molecule has 1 saturated heterocycles. The first kappa shape index (κ1) is 22.3. The van der Waals surface area contributed by atoms with Crippen LogP contribution < -0.4 is 0 Å². The zero-order chi connectivity index (χ0) is 21.9. The van der Waals surface area contributed by atoms with E-state index in [0.717, 1.165) is 0 Å². The Morgan fingerprint density at radius 1 is 1.21 bits per heavy atom. The Bertz CT molecular complexity index is 830. The zero-order valence-corrected chi connectivity index (χ0v) is 17.2. The fourth-order valence-corrected chi connectivity index (χ4v) is 3.47. The van der Waals surface area contributed by atoms with Gasteiger partial charge >= 0.3 is 17.9 Å². The van der Waals surface area contributed by atoms with Crippen molar-refractivity contribution in [3.05, 3.63) is 47.6 Å². The normalized spacial score (nSPS) is 30.1. The largest absolute Gasteiger partial charge is 0.458 e. The maximum atomic E-state index is 12.4. The molecule has 156 valence electrons. The number of esters is 3. The van der Waals surface area contributed by atoms with Gasteiger partial charge < -0.3 is 14.2 Å². The molecule has 0 radical (unpaired) electrons. The van der Waals surface area contributed by atoms with Gasteiger partial charge in [0, 0.05) is 30.9 Å². The van der Waals surface area contributed by atoms with E-state index >= 15 is 0 Å². The summed E-state index contributed by atoms with van der Waals surface area (Å²) in [5.74, 6) is -2.82. The average molecular weight is 402 g/mol. The third kappa shape index (κ3) is 5.10. The Morgan fingerprint density at radius 3 is 2.45 bits per heavy atom. The predicted molar refractivity (Wildman–Crippen MR) is 105 cm³/mol. The lowest BCUT2D eigenvalue weighted by Crippen LogP contribution is -2.43. The van der Waals surface area contributed by atoms with Gasteiger partial charge in [-0.3, -0.25) is 9.59 Å². The number of allylic oxidation sites excluding steroid dienone is 2. The number of carbonyl (C=O) groups is 4. The molecule has 4 atom stereocenters. The van der Waals surface area contributed by atoms with Crippen molar-refractivity contribution in [1.82, 2.24) is 0 Å². The van der Waals surface area contributed by atoms with Crippen LogP contribution in [0.15, 0.2) is 47.6 Å². The Kier molecular flexibility index (Phi) is 6.95. The quantitative estimate of drug-likeness (QED) is 0.310. The molecule has 1 heterocycles. The van der Waals surface area contributed by atoms with Gasteiger partial charge in [-0.25, -0.2) is 9.59 Å². The van der Waals surface area contributed by atoms with Crippen LogP contribution in [-0.2, 0) is 33.4 Å². The molecular weight excluding hydrogens is 376 g/mol. The zero-order valence-electron chi connectivity index (χ0n) is 17.2. The summed E-state index contributed by atoms with van der Waals surface area (Å²) < 4.78 is 16.5. The van der Waals surface area contributed by atoms with Gasteiger partial charge in [-0.1, -0.05) is 24.8 Å². The Hall–Kier alpha value is -2.96. The monoisotopic (exact) mass is 402 g/mol. The molecule has 0 aromatic heterocycles. The van der Waals surface area contributed by atoms with Crippen LogP contribution in [0.5, 0.6) is 0 Å². The maximum Gasteiger partial charge on any atom is 0.334 e. The summed E-state index contributed by atoms with van der Waals surface area (Å²) in [6.45, 7) is 14.0. The summed E-state index contributed by atoms with van der Waals surface area (Å²) in [5.41, 5.74) is 1.49. The minimum Gasteiger partial charge on any atom is -0.458 e. The number of ketones is 1. The van der Waals surface area contributed by atoms with Crippen LogP contribution in [0.3, 0.4) is 0 Å². The molecule has 0 saturated carbocycles. The van der Waals surface area contributed by atoms with E-state index in [0.29, 0.717) is 16.7 Å². The summed E-state index contributed by atoms with van der Waals surface area (Å²) in [4.78, 5) is 48.8. The highest BCUT2D eigenvalue weighted by Gasteiger charge is 2.50. The maximum absolute atomic E-state index is 12.4. The van der Waals surface area contributed by atoms with Crippen molar-refractivity contribution in [3.63, 3.8) is 0 Å². The highest BCUT2D eigenvalue weighted by Crippen LogP contribution is 2.39. The lowest BCUT2D eigenvalue weighted by Gasteiger charge is -2.33. The molecule has 0 aromatic rings. The first-order valence-corrected chi connectivity index (χ1v) is 9.33. The van der Waals surface area contributed by atoms with Gasteiger partial charge in [-0.15, -0.1) is 0 Å². The van der Waals surface area contributed by atoms with Gasteiger partial charge in [0.1, 0.15) is 6.10 Å². The standard InChI is InChI=1S/C22H26O7/c1-7-12(3)21(25)28-17-9-11(2)8-16(24)10-13(4)19(27-15(6)23)20-18(17)14(5)22(26)29-20/h7-8,17-20H,4-5,9-10H2,1-3,6H3/b11-8+,12-7+/t17-,18-,19?,20-/m1/s1. The van der Waals surface area contributed by atoms with E-state index < -0.39 is 42.1 Å². The van der Waals surface area contributed by atoms with Crippen molar-refractivity contribution in [2.45, 2.75) is 58.8 Å². The lowest BCUT2D eigenvalue weighted by molar-refractivity contribution is -0.162. The molecule has 0 amide bonds. The van der Waals surface area contributed by atoms with Gasteiger partial charge in [0.2, 0.25) is 0 Å². The van der Waals surface area contributed by atoms with Crippen LogP contribution >= 0.6 is 0 Å². The summed E-state index contributed by atoms with van der Waals surface area (Å²) >= 11 is 0. The molecule has 1 fully saturated rings. The van der Waals surface area contributed by atoms with Crippen LogP contribution in [0.2, 0.25) is 0 Å². The summed E-state index contributed by atoms with van der Waals surface area (Å²) in [5, 5.41) is 0. The van der Waals surface area contributed by atoms with E-state index in [4.69, 9.17) is 14.2 Å². The minimum atomic E-state index is -1.06. The third-order valence-electron chi connectivity index (χ3n) is 5.00. The molecule has 1 aliphatic carbocycles. The van der Waals surface area contributed by atoms with Crippen molar-refractivity contribution in [2.75, 3.05) is 0 Å². The van der Waals surface area contributed by atoms with Crippen molar-refractivity contribution in [2.24, 2.45) is 5.92 Å². The van der Waals surface area contributed by atoms with E-state index in [1.54, 1.807) is 26.8 Å². The molecule has 2 aliphatic rings. The number of hydrogen-bond donors (Lipinski definition) is 0. The van der Waals surface area contributed by atoms with Crippen molar-refractivity contribution >= 4 is 23.7 Å². The van der Waals surface area contributed by atoms with Gasteiger partial charge in [-0.2, -0.15) is 0 Å². The molecule has 0 spiro atoms. The molecule has 0 N–H and O–H groups in total. The molecule has 1 unspecified atom stereocenters. The van der Waals surface area contributed by atoms with Gasteiger partial charge in [0.25, 0.3) is 0 Å². The Labute approximate surface area is 170 Å². The van der Waals surface area contributed by atoms with Crippen molar-refractivity contribution < 1.29 is 33.4 Å². The summed E-state index contributed by atoms with van der Waals surface area (Å²) in [6.07, 6.45) is 0.305. The second-order valence-corrected chi connectivity index (χ2v) is 7.36. The summed E-state index contributed by atoms with van der Waals surface area (Å²) in [7, 11) is 0. The molecule has 7 heteroatoms. The highest BCUT2D eigenvalue weighted by atomic mass is 16.6. The smallest absolute Gasteiger partial charge is 0.334 e. The van der Waals surface area contributed by atoms with Gasteiger partial charge in [-0.05, 0) is 32.4 Å². The predicted octanol–water partition coefficient (Wildman–Crippen LogP) is 2.76. The van der Waals surface area contributed by atoms with Crippen LogP contribution in [0, 0.1) is 5.92 Å². The Morgan fingerprint density at radius 2 is 1.86 bits per heavy atom. The first-order chi connectivity index (χ1) is 13.5. The summed E-state index contributed by atoms with van der Waals surface area (Å²) in [6, 6.07) is 0. The van der Waals surface area contributed by atoms with Gasteiger partial charge in [0.15, 0.2) is 18.0 Å². The number of rotatable bonds is 3. The second-order valence-electron chi connectivity index (χ2n) is 7.36. The molecule has 2 rings (SSSR count). The van der Waals surface area contributed by atoms with E-state index in [1.165, 1.54) is 13.0 Å². The van der Waals surface area contributed by atoms with Crippen LogP contribution in [0.4, 0.5) is 0 Å². The molecule has 7 nitrogen and oxygen atoms in total. The number of hydrogen-bond acceptors (Lipinski definition) is 7. The van der Waals surface area contributed by atoms with Gasteiger partial charge in [0.05, 0.1) is 5.92 Å². The number of ether oxygens (including phenoxy) is 3. The van der Waals surface area contributed by atoms with Crippen LogP contribution in [-0.4, -0.2) is 42.0 Å². The molecule has 29 heavy (non-hydrogen) atoms. The lowest BCUT2D eigenvalue weighted by atomic mass is 9.82. The SMILES string of the molecule is C=C1CC(=O)/C=C(\C)C[C@@H](OC(=O)/C(C)=C/C)[C@H]2C(=C)C(=O)O[C@H]2C1OC(C)=O. The fourth-order valence-electron chi connectivity index (χ4n) is 3.47. The first-order valence-electron chi connectivity index (χ1n) is 9.33. The van der Waals surface area contributed by atoms with Crippen molar-refractivity contribution in [1.29, 1.82) is 0 Å². The molecule has 1 aliphatic heterocycles. The third-order valence-corrected chi connectivity index (χ3v) is 5.00. The van der Waals surface area contributed by atoms with E-state index in [2.05, 4.69) is 13.2 Å². The van der Waals surface area contributed by atoms with E-state index in [1.807, 2.05) is 0 Å². The van der Waals surface area contributed by atoms with Crippen LogP contribution in [0.25, 0.3) is 0 Å². The van der Waals surface area contributed by atoms with Crippen molar-refractivity contribution in [3.8, 4) is 0 Å². The fraction of sp³-hybridized carbons (Fsp3) is 0.455. The minimum absolute atomic E-state index is 0.0648. The molecule has 0 aromatic carbocycles. The van der Waals surface area contributed by atoms with E-state index in [9.17, 15) is 19.2 Å². The second kappa shape index (κ2) is 9.03. The molecule has 0 bridgehead atoms. The topological polar surface area (TPSA) is 96.0 Å². The average Bonchev–Trinajstić information content (AvgIpc) is 2.91. The number of fused-ring (bicyclic) bond motifs is 1. The number of carbonyl (C=O) groups excluding carboxylic acids is 4. The van der Waals surface area contributed by atoms with E-state index in [-0.39, 0.29) is 24.2 Å². The Balaban J connectivity index is 2.55.